The maximum absolute atomic E-state index is 12.9. The largest absolute Gasteiger partial charge is 0.495 e. The van der Waals surface area contributed by atoms with Gasteiger partial charge in [-0.15, -0.1) is 0 Å². The Morgan fingerprint density at radius 2 is 1.93 bits per heavy atom. The first kappa shape index (κ1) is 20.7. The number of hydrogen-bond acceptors (Lipinski definition) is 7. The van der Waals surface area contributed by atoms with Gasteiger partial charge in [0.15, 0.2) is 0 Å². The first-order valence-corrected chi connectivity index (χ1v) is 10.5. The summed E-state index contributed by atoms with van der Waals surface area (Å²) < 4.78 is 43.3. The van der Waals surface area contributed by atoms with Gasteiger partial charge in [0, 0.05) is 12.1 Å². The fraction of sp³-hybridized carbons (Fsp3) is 0.300. The fourth-order valence-electron chi connectivity index (χ4n) is 2.81. The second-order valence-electron chi connectivity index (χ2n) is 6.37. The molecule has 1 atom stereocenters. The van der Waals surface area contributed by atoms with Gasteiger partial charge in [0.2, 0.25) is 6.10 Å². The second-order valence-corrected chi connectivity index (χ2v) is 8.02. The Morgan fingerprint density at radius 1 is 1.21 bits per heavy atom. The first-order valence-electron chi connectivity index (χ1n) is 9.01. The number of esters is 2. The van der Waals surface area contributed by atoms with Crippen LogP contribution in [0.3, 0.4) is 0 Å². The summed E-state index contributed by atoms with van der Waals surface area (Å²) in [7, 11) is -2.71. The van der Waals surface area contributed by atoms with E-state index >= 15 is 0 Å². The van der Waals surface area contributed by atoms with Crippen LogP contribution in [0.15, 0.2) is 47.4 Å². The first-order chi connectivity index (χ1) is 13.8. The van der Waals surface area contributed by atoms with Crippen molar-refractivity contribution in [1.29, 1.82) is 0 Å². The average Bonchev–Trinajstić information content (AvgIpc) is 3.12. The predicted molar refractivity (Wildman–Crippen MR) is 104 cm³/mol. The third-order valence-electron chi connectivity index (χ3n) is 4.44. The van der Waals surface area contributed by atoms with Crippen molar-refractivity contribution in [3.8, 4) is 5.75 Å². The van der Waals surface area contributed by atoms with E-state index in [1.54, 1.807) is 12.1 Å². The van der Waals surface area contributed by atoms with Gasteiger partial charge in [-0.05, 0) is 42.3 Å². The summed E-state index contributed by atoms with van der Waals surface area (Å²) in [6.07, 6.45) is 0.112. The summed E-state index contributed by atoms with van der Waals surface area (Å²) in [4.78, 5) is 23.6. The minimum atomic E-state index is -4.04. The molecule has 0 spiro atoms. The van der Waals surface area contributed by atoms with Crippen LogP contribution in [0.25, 0.3) is 0 Å². The fourth-order valence-corrected chi connectivity index (χ4v) is 4.07. The zero-order valence-corrected chi connectivity index (χ0v) is 16.8. The van der Waals surface area contributed by atoms with E-state index < -0.39 is 28.1 Å². The molecule has 0 aliphatic carbocycles. The third-order valence-corrected chi connectivity index (χ3v) is 5.84. The lowest BCUT2D eigenvalue weighted by molar-refractivity contribution is -0.145. The third kappa shape index (κ3) is 4.68. The van der Waals surface area contributed by atoms with Gasteiger partial charge in [-0.3, -0.25) is 4.72 Å². The zero-order valence-electron chi connectivity index (χ0n) is 16.0. The smallest absolute Gasteiger partial charge is 0.347 e. The van der Waals surface area contributed by atoms with Gasteiger partial charge in [0.05, 0.1) is 19.3 Å². The maximum atomic E-state index is 12.9. The topological polar surface area (TPSA) is 108 Å². The van der Waals surface area contributed by atoms with Gasteiger partial charge in [-0.25, -0.2) is 18.0 Å². The van der Waals surface area contributed by atoms with Gasteiger partial charge >= 0.3 is 11.9 Å². The number of carbonyl (C=O) groups is 2. The molecule has 0 bridgehead atoms. The molecule has 3 rings (SSSR count). The number of aryl methyl sites for hydroxylation is 1. The van der Waals surface area contributed by atoms with Crippen LogP contribution in [0.1, 0.15) is 29.3 Å². The number of anilines is 1. The molecule has 29 heavy (non-hydrogen) atoms. The number of hydrogen-bond donors (Lipinski definition) is 1. The number of nitrogens with one attached hydrogen (secondary N) is 1. The number of methoxy groups -OCH3 is 1. The summed E-state index contributed by atoms with van der Waals surface area (Å²) in [6, 6.07) is 10.9. The Bertz CT molecular complexity index is 1020. The van der Waals surface area contributed by atoms with Crippen molar-refractivity contribution in [2.75, 3.05) is 18.4 Å². The Morgan fingerprint density at radius 3 is 2.52 bits per heavy atom. The van der Waals surface area contributed by atoms with E-state index in [0.29, 0.717) is 5.69 Å². The molecule has 2 aromatic carbocycles. The molecule has 2 aromatic rings. The molecule has 1 saturated heterocycles. The zero-order chi connectivity index (χ0) is 21.0. The molecule has 1 heterocycles. The normalized spacial score (nSPS) is 16.2. The number of sulfonamides is 1. The molecule has 9 heteroatoms. The number of benzene rings is 2. The highest BCUT2D eigenvalue weighted by molar-refractivity contribution is 7.92. The van der Waals surface area contributed by atoms with Crippen molar-refractivity contribution in [2.45, 2.75) is 30.8 Å². The Kier molecular flexibility index (Phi) is 6.07. The quantitative estimate of drug-likeness (QED) is 0.687. The lowest BCUT2D eigenvalue weighted by Crippen LogP contribution is -2.23. The molecule has 0 radical (unpaired) electrons. The molecule has 0 aromatic heterocycles. The summed E-state index contributed by atoms with van der Waals surface area (Å²) in [6.45, 7) is 2.18. The number of ether oxygens (including phenoxy) is 3. The van der Waals surface area contributed by atoms with E-state index in [2.05, 4.69) is 4.72 Å². The van der Waals surface area contributed by atoms with Crippen LogP contribution in [0, 0.1) is 0 Å². The van der Waals surface area contributed by atoms with Crippen molar-refractivity contribution in [1.82, 2.24) is 0 Å². The Balaban J connectivity index is 1.86. The Labute approximate surface area is 168 Å². The molecule has 154 valence electrons. The van der Waals surface area contributed by atoms with Crippen LogP contribution in [0.5, 0.6) is 5.75 Å². The summed E-state index contributed by atoms with van der Waals surface area (Å²) >= 11 is 0. The number of rotatable bonds is 7. The summed E-state index contributed by atoms with van der Waals surface area (Å²) in [5, 5.41) is 0. The van der Waals surface area contributed by atoms with Gasteiger partial charge < -0.3 is 14.2 Å². The highest BCUT2D eigenvalue weighted by Crippen LogP contribution is 2.28. The van der Waals surface area contributed by atoms with Crippen LogP contribution in [0.2, 0.25) is 0 Å². The van der Waals surface area contributed by atoms with Crippen molar-refractivity contribution < 1.29 is 32.2 Å². The van der Waals surface area contributed by atoms with Crippen molar-refractivity contribution in [2.24, 2.45) is 0 Å². The van der Waals surface area contributed by atoms with Gasteiger partial charge in [-0.2, -0.15) is 0 Å². The molecule has 1 aliphatic rings. The van der Waals surface area contributed by atoms with E-state index in [1.165, 1.54) is 19.2 Å². The van der Waals surface area contributed by atoms with Crippen LogP contribution in [-0.4, -0.2) is 40.2 Å². The van der Waals surface area contributed by atoms with Crippen LogP contribution in [0.4, 0.5) is 5.69 Å². The molecule has 1 N–H and O–H groups in total. The van der Waals surface area contributed by atoms with Gasteiger partial charge in [0.1, 0.15) is 10.6 Å². The molecule has 1 fully saturated rings. The van der Waals surface area contributed by atoms with Crippen molar-refractivity contribution in [3.63, 3.8) is 0 Å². The average molecular weight is 419 g/mol. The highest BCUT2D eigenvalue weighted by atomic mass is 32.2. The minimum absolute atomic E-state index is 0.0211. The maximum Gasteiger partial charge on any atom is 0.347 e. The second kappa shape index (κ2) is 8.52. The molecule has 8 nitrogen and oxygen atoms in total. The summed E-state index contributed by atoms with van der Waals surface area (Å²) in [5.74, 6) is -1.36. The molecular formula is C20H21NO7S. The summed E-state index contributed by atoms with van der Waals surface area (Å²) in [5.41, 5.74) is 1.43. The molecular weight excluding hydrogens is 398 g/mol. The number of cyclic esters (lactones) is 1. The standard InChI is InChI=1S/C20H21NO7S/c1-3-13-4-7-15(8-5-13)21-29(24,25)18-12-14(6-9-16(18)26-2)19(22)28-17-10-11-27-20(17)23/h4-9,12,17,21H,3,10-11H2,1-2H3/t17-/m1/s1. The van der Waals surface area contributed by atoms with E-state index in [4.69, 9.17) is 14.2 Å². The monoisotopic (exact) mass is 419 g/mol. The van der Waals surface area contributed by atoms with Crippen LogP contribution < -0.4 is 9.46 Å². The van der Waals surface area contributed by atoms with Crippen molar-refractivity contribution >= 4 is 27.6 Å². The van der Waals surface area contributed by atoms with Gasteiger partial charge in [0.25, 0.3) is 10.0 Å². The van der Waals surface area contributed by atoms with Crippen LogP contribution in [-0.2, 0) is 30.7 Å². The molecule has 0 amide bonds. The highest BCUT2D eigenvalue weighted by Gasteiger charge is 2.31. The van der Waals surface area contributed by atoms with Gasteiger partial charge in [-0.1, -0.05) is 19.1 Å². The van der Waals surface area contributed by atoms with Crippen molar-refractivity contribution in [3.05, 3.63) is 53.6 Å². The number of carbonyl (C=O) groups excluding carboxylic acids is 2. The van der Waals surface area contributed by atoms with E-state index in [9.17, 15) is 18.0 Å². The van der Waals surface area contributed by atoms with Crippen LogP contribution >= 0.6 is 0 Å². The minimum Gasteiger partial charge on any atom is -0.495 e. The van der Waals surface area contributed by atoms with E-state index in [1.807, 2.05) is 19.1 Å². The van der Waals surface area contributed by atoms with E-state index in [-0.39, 0.29) is 29.2 Å². The predicted octanol–water partition coefficient (Wildman–Crippen LogP) is 2.53. The molecule has 0 unspecified atom stereocenters. The lowest BCUT2D eigenvalue weighted by atomic mass is 10.2. The molecule has 1 aliphatic heterocycles. The Hall–Kier alpha value is -3.07. The molecule has 0 saturated carbocycles. The SMILES string of the molecule is CCc1ccc(NS(=O)(=O)c2cc(C(=O)O[C@@H]3CCOC3=O)ccc2OC)cc1. The lowest BCUT2D eigenvalue weighted by Gasteiger charge is -2.14. The van der Waals surface area contributed by atoms with E-state index in [0.717, 1.165) is 18.1 Å².